The number of benzene rings is 1. The molecule has 0 amide bonds. The van der Waals surface area contributed by atoms with Crippen LogP contribution in [0.3, 0.4) is 0 Å². The van der Waals surface area contributed by atoms with Crippen molar-refractivity contribution in [2.45, 2.75) is 42.2 Å². The molecule has 0 saturated carbocycles. The van der Waals surface area contributed by atoms with Crippen molar-refractivity contribution in [2.24, 2.45) is 15.1 Å². The molecule has 1 unspecified atom stereocenters. The van der Waals surface area contributed by atoms with E-state index in [0.29, 0.717) is 0 Å². The molecule has 3 atom stereocenters. The lowest BCUT2D eigenvalue weighted by Gasteiger charge is -2.46. The van der Waals surface area contributed by atoms with Crippen LogP contribution in [-0.4, -0.2) is 74.3 Å². The summed E-state index contributed by atoms with van der Waals surface area (Å²) in [5.41, 5.74) is -0.0763. The maximum absolute atomic E-state index is 15.5. The van der Waals surface area contributed by atoms with E-state index in [2.05, 4.69) is 29.2 Å². The Balaban J connectivity index is 1.82. The third-order valence-corrected chi connectivity index (χ3v) is 10.0. The number of nitrogens with zero attached hydrogens (tertiary/aromatic N) is 5. The number of carbonyl (C=O) groups is 1. The third-order valence-electron chi connectivity index (χ3n) is 6.74. The van der Waals surface area contributed by atoms with Crippen molar-refractivity contribution >= 4 is 21.5 Å². The van der Waals surface area contributed by atoms with Crippen LogP contribution in [0, 0.1) is 5.82 Å². The van der Waals surface area contributed by atoms with Crippen molar-refractivity contribution in [1.29, 1.82) is 0 Å². The predicted molar refractivity (Wildman–Crippen MR) is 140 cm³/mol. The van der Waals surface area contributed by atoms with E-state index in [9.17, 15) is 31.0 Å². The van der Waals surface area contributed by atoms with E-state index in [1.165, 1.54) is 19.9 Å². The number of alkyl halides is 6. The van der Waals surface area contributed by atoms with E-state index < -0.39 is 74.5 Å². The highest BCUT2D eigenvalue weighted by Crippen LogP contribution is 2.47. The van der Waals surface area contributed by atoms with Gasteiger partial charge in [0.2, 0.25) is 11.3 Å². The number of hydrogen-bond donors (Lipinski definition) is 1. The van der Waals surface area contributed by atoms with Crippen LogP contribution in [0.5, 0.6) is 5.88 Å². The predicted octanol–water partition coefficient (Wildman–Crippen LogP) is 4.43. The highest BCUT2D eigenvalue weighted by Gasteiger charge is 2.61. The Labute approximate surface area is 244 Å². The Kier molecular flexibility index (Phi) is 8.64. The largest absolute Gasteiger partial charge is 0.490 e. The minimum atomic E-state index is -5.60. The lowest BCUT2D eigenvalue weighted by Crippen LogP contribution is -2.63. The fraction of sp³-hybridized carbons (Fsp3) is 0.400. The summed E-state index contributed by atoms with van der Waals surface area (Å²) in [5, 5.41) is 3.81. The lowest BCUT2D eigenvalue weighted by molar-refractivity contribution is -0.204. The number of nitrogens with two attached hydrogens (primary N) is 1. The number of halogens is 7. The van der Waals surface area contributed by atoms with E-state index >= 15 is 8.78 Å². The molecular weight excluding hydrogens is 629 g/mol. The Morgan fingerprint density at radius 3 is 2.45 bits per heavy atom. The van der Waals surface area contributed by atoms with Crippen molar-refractivity contribution < 1.29 is 53.7 Å². The van der Waals surface area contributed by atoms with E-state index in [4.69, 9.17) is 15.0 Å². The van der Waals surface area contributed by atoms with Crippen LogP contribution in [0.4, 0.5) is 30.7 Å². The molecule has 0 fully saturated rings. The highest BCUT2D eigenvalue weighted by atomic mass is 32.2. The molecule has 0 radical (unpaired) electrons. The fourth-order valence-corrected chi connectivity index (χ4v) is 6.82. The van der Waals surface area contributed by atoms with Gasteiger partial charge in [0.15, 0.2) is 17.9 Å². The lowest BCUT2D eigenvalue weighted by atomic mass is 9.89. The van der Waals surface area contributed by atoms with Crippen LogP contribution in [0.1, 0.15) is 19.4 Å². The van der Waals surface area contributed by atoms with E-state index in [1.807, 2.05) is 0 Å². The highest BCUT2D eigenvalue weighted by molar-refractivity contribution is 7.96. The summed E-state index contributed by atoms with van der Waals surface area (Å²) >= 11 is 0. The maximum Gasteiger partial charge on any atom is 0.490 e. The number of aromatic nitrogens is 3. The first kappa shape index (κ1) is 32.6. The van der Waals surface area contributed by atoms with Gasteiger partial charge in [0.25, 0.3) is 6.43 Å². The number of amidine groups is 1. The summed E-state index contributed by atoms with van der Waals surface area (Å²) in [6.45, 7) is -0.328. The first-order valence-corrected chi connectivity index (χ1v) is 13.9. The fourth-order valence-electron chi connectivity index (χ4n) is 4.30. The van der Waals surface area contributed by atoms with Gasteiger partial charge >= 0.3 is 12.1 Å². The van der Waals surface area contributed by atoms with Gasteiger partial charge in [-0.2, -0.15) is 13.2 Å². The van der Waals surface area contributed by atoms with Gasteiger partial charge in [-0.3, -0.25) is 4.99 Å². The van der Waals surface area contributed by atoms with Gasteiger partial charge in [0.05, 0.1) is 12.4 Å². The Bertz CT molecular complexity index is 1700. The van der Waals surface area contributed by atoms with Crippen LogP contribution in [-0.2, 0) is 24.8 Å². The number of ether oxygens (including phenoxy) is 2. The molecule has 0 spiro atoms. The summed E-state index contributed by atoms with van der Waals surface area (Å²) < 4.78 is 126. The molecule has 11 nitrogen and oxygen atoms in total. The molecule has 2 aromatic heterocycles. The molecule has 238 valence electrons. The van der Waals surface area contributed by atoms with Crippen molar-refractivity contribution in [3.63, 3.8) is 0 Å². The molecule has 4 rings (SSSR count). The molecule has 0 saturated heterocycles. The standard InChI is InChI=1S/C25H23F7N6O5S/c1-23(2)20(33)37-24(11-26,22(44(23,40)34-3)42-21(39)25(30,31)32)13-6-12(4-5-14(13)27)17-7-15(38-43-17)16-8-36-19(9-35-16)41-10-18(28)29/h4-9,18,22H,10-11H2,1-3H3,(H2,33,37)/t22?,24-,44+/m1/s1. The smallest absolute Gasteiger partial charge is 0.470 e. The number of hydrogen-bond acceptors (Lipinski definition) is 11. The zero-order valence-electron chi connectivity index (χ0n) is 22.9. The average Bonchev–Trinajstić information content (AvgIpc) is 3.47. The quantitative estimate of drug-likeness (QED) is 0.275. The van der Waals surface area contributed by atoms with Crippen LogP contribution >= 0.6 is 0 Å². The summed E-state index contributed by atoms with van der Waals surface area (Å²) in [4.78, 5) is 23.8. The summed E-state index contributed by atoms with van der Waals surface area (Å²) in [6, 6.07) is 4.18. The molecular formula is C25H23F7N6O5S. The molecule has 19 heteroatoms. The van der Waals surface area contributed by atoms with E-state index in [0.717, 1.165) is 37.6 Å². The molecule has 1 aliphatic heterocycles. The number of esters is 1. The molecule has 0 aliphatic carbocycles. The molecule has 3 aromatic rings. The topological polar surface area (TPSA) is 155 Å². The zero-order chi connectivity index (χ0) is 32.7. The first-order valence-electron chi connectivity index (χ1n) is 12.3. The molecule has 1 aromatic carbocycles. The number of carbonyl (C=O) groups excluding carboxylic acids is 1. The van der Waals surface area contributed by atoms with Gasteiger partial charge in [-0.1, -0.05) is 5.16 Å². The van der Waals surface area contributed by atoms with E-state index in [-0.39, 0.29) is 28.6 Å². The van der Waals surface area contributed by atoms with Crippen LogP contribution in [0.15, 0.2) is 50.5 Å². The van der Waals surface area contributed by atoms with Crippen LogP contribution in [0.25, 0.3) is 22.7 Å². The second kappa shape index (κ2) is 11.7. The van der Waals surface area contributed by atoms with Crippen molar-refractivity contribution in [3.8, 4) is 28.6 Å². The number of aliphatic imine (C=N–C) groups is 1. The second-order valence-electron chi connectivity index (χ2n) is 9.76. The van der Waals surface area contributed by atoms with Gasteiger partial charge in [0, 0.05) is 24.2 Å². The van der Waals surface area contributed by atoms with Crippen molar-refractivity contribution in [3.05, 3.63) is 48.0 Å². The van der Waals surface area contributed by atoms with Gasteiger partial charge in [-0.05, 0) is 32.0 Å². The second-order valence-corrected chi connectivity index (χ2v) is 12.7. The first-order chi connectivity index (χ1) is 20.5. The van der Waals surface area contributed by atoms with Crippen LogP contribution < -0.4 is 10.5 Å². The number of rotatable bonds is 8. The summed E-state index contributed by atoms with van der Waals surface area (Å²) in [5.74, 6) is -4.88. The maximum atomic E-state index is 15.5. The summed E-state index contributed by atoms with van der Waals surface area (Å²) in [7, 11) is -3.29. The monoisotopic (exact) mass is 652 g/mol. The Hall–Kier alpha value is -4.29. The van der Waals surface area contributed by atoms with Gasteiger partial charge in [-0.25, -0.2) is 40.9 Å². The third kappa shape index (κ3) is 5.67. The molecule has 3 heterocycles. The van der Waals surface area contributed by atoms with Crippen molar-refractivity contribution in [2.75, 3.05) is 20.3 Å². The zero-order valence-corrected chi connectivity index (χ0v) is 23.8. The van der Waals surface area contributed by atoms with Crippen LogP contribution in [0.2, 0.25) is 0 Å². The molecule has 0 bridgehead atoms. The van der Waals surface area contributed by atoms with E-state index in [1.54, 1.807) is 0 Å². The molecule has 1 aliphatic rings. The van der Waals surface area contributed by atoms with Gasteiger partial charge in [0.1, 0.15) is 44.2 Å². The minimum absolute atomic E-state index is 0.0164. The Morgan fingerprint density at radius 2 is 1.89 bits per heavy atom. The SMILES string of the molecule is CN=[S@]1(=O)C(OC(=O)C(F)(F)F)[C@@](CF)(c2cc(-c3cc(-c4cnc(OCC(F)F)cn4)no3)ccc2F)N=C(N)C1(C)C. The van der Waals surface area contributed by atoms with Gasteiger partial charge in [-0.15, -0.1) is 0 Å². The Morgan fingerprint density at radius 1 is 1.18 bits per heavy atom. The van der Waals surface area contributed by atoms with Crippen molar-refractivity contribution in [1.82, 2.24) is 15.1 Å². The summed E-state index contributed by atoms with van der Waals surface area (Å²) in [6.07, 6.45) is -6.13. The molecule has 44 heavy (non-hydrogen) atoms. The minimum Gasteiger partial charge on any atom is -0.470 e. The van der Waals surface area contributed by atoms with Gasteiger partial charge < -0.3 is 19.7 Å². The molecule has 2 N–H and O–H groups in total. The average molecular weight is 653 g/mol. The normalized spacial score (nSPS) is 23.2.